The second-order valence-corrected chi connectivity index (χ2v) is 10.7. The molecule has 0 bridgehead atoms. The fraction of sp³-hybridized carbons (Fsp3) is 0.743. The summed E-state index contributed by atoms with van der Waals surface area (Å²) in [5.74, 6) is -0.955. The number of carbonyl (C=O) groups is 3. The van der Waals surface area contributed by atoms with E-state index in [0.717, 1.165) is 103 Å². The first-order valence-corrected chi connectivity index (χ1v) is 16.5. The lowest BCUT2D eigenvalue weighted by atomic mass is 10.1. The standard InChI is InChI=1S/C35H60O6/c1-4-7-10-13-14-15-16-17-18-19-20-23-25-28-34(37)40-31-32(41-35(38)29-26-22-12-9-6-3)30-39-33(36)27-24-21-11-8-5-2/h7,10,14-15,17-18,32H,4-6,8-9,11-13,16,19-31H2,1-3H3/b10-7-,15-14-,18-17-. The van der Waals surface area contributed by atoms with Gasteiger partial charge in [0.15, 0.2) is 6.10 Å². The molecule has 0 saturated heterocycles. The summed E-state index contributed by atoms with van der Waals surface area (Å²) < 4.78 is 16.3. The summed E-state index contributed by atoms with van der Waals surface area (Å²) in [6.07, 6.45) is 30.5. The Morgan fingerprint density at radius 3 is 1.46 bits per heavy atom. The molecule has 1 unspecified atom stereocenters. The third-order valence-corrected chi connectivity index (χ3v) is 6.66. The monoisotopic (exact) mass is 576 g/mol. The highest BCUT2D eigenvalue weighted by atomic mass is 16.6. The van der Waals surface area contributed by atoms with Gasteiger partial charge in [-0.15, -0.1) is 0 Å². The molecule has 0 aromatic heterocycles. The molecule has 0 aliphatic heterocycles. The van der Waals surface area contributed by atoms with Crippen molar-refractivity contribution >= 4 is 17.9 Å². The van der Waals surface area contributed by atoms with Gasteiger partial charge in [0.2, 0.25) is 0 Å². The van der Waals surface area contributed by atoms with E-state index in [9.17, 15) is 14.4 Å². The van der Waals surface area contributed by atoms with E-state index in [2.05, 4.69) is 57.2 Å². The largest absolute Gasteiger partial charge is 0.462 e. The maximum atomic E-state index is 12.3. The van der Waals surface area contributed by atoms with E-state index in [4.69, 9.17) is 14.2 Å². The zero-order chi connectivity index (χ0) is 30.2. The van der Waals surface area contributed by atoms with Gasteiger partial charge in [0, 0.05) is 19.3 Å². The van der Waals surface area contributed by atoms with E-state index in [-0.39, 0.29) is 31.1 Å². The number of rotatable bonds is 28. The number of allylic oxidation sites excluding steroid dienone is 6. The van der Waals surface area contributed by atoms with Crippen LogP contribution in [0.15, 0.2) is 36.5 Å². The van der Waals surface area contributed by atoms with Crippen LogP contribution in [-0.2, 0) is 28.6 Å². The Kier molecular flexibility index (Phi) is 28.8. The average molecular weight is 577 g/mol. The van der Waals surface area contributed by atoms with Crippen molar-refractivity contribution in [3.8, 4) is 0 Å². The van der Waals surface area contributed by atoms with Crippen LogP contribution in [-0.4, -0.2) is 37.2 Å². The van der Waals surface area contributed by atoms with Gasteiger partial charge in [0.25, 0.3) is 0 Å². The summed E-state index contributed by atoms with van der Waals surface area (Å²) in [5, 5.41) is 0. The first kappa shape index (κ1) is 38.6. The van der Waals surface area contributed by atoms with Crippen LogP contribution in [0.2, 0.25) is 0 Å². The number of ether oxygens (including phenoxy) is 3. The molecule has 0 saturated carbocycles. The molecule has 1 atom stereocenters. The second-order valence-electron chi connectivity index (χ2n) is 10.7. The summed E-state index contributed by atoms with van der Waals surface area (Å²) in [7, 11) is 0. The third kappa shape index (κ3) is 28.9. The van der Waals surface area contributed by atoms with Crippen LogP contribution in [0.1, 0.15) is 149 Å². The zero-order valence-corrected chi connectivity index (χ0v) is 26.5. The van der Waals surface area contributed by atoms with Crippen LogP contribution in [0.3, 0.4) is 0 Å². The molecule has 0 rings (SSSR count). The Morgan fingerprint density at radius 2 is 0.951 bits per heavy atom. The molecule has 6 nitrogen and oxygen atoms in total. The van der Waals surface area contributed by atoms with Crippen molar-refractivity contribution in [2.24, 2.45) is 0 Å². The van der Waals surface area contributed by atoms with E-state index in [1.807, 2.05) is 0 Å². The minimum absolute atomic E-state index is 0.0837. The summed E-state index contributed by atoms with van der Waals surface area (Å²) in [4.78, 5) is 36.8. The van der Waals surface area contributed by atoms with Crippen molar-refractivity contribution in [1.29, 1.82) is 0 Å². The lowest BCUT2D eigenvalue weighted by molar-refractivity contribution is -0.167. The van der Waals surface area contributed by atoms with Crippen molar-refractivity contribution in [2.75, 3.05) is 13.2 Å². The highest BCUT2D eigenvalue weighted by Crippen LogP contribution is 2.10. The first-order chi connectivity index (χ1) is 20.0. The fourth-order valence-corrected chi connectivity index (χ4v) is 4.16. The predicted octanol–water partition coefficient (Wildman–Crippen LogP) is 9.51. The van der Waals surface area contributed by atoms with Crippen molar-refractivity contribution in [1.82, 2.24) is 0 Å². The van der Waals surface area contributed by atoms with Crippen LogP contribution < -0.4 is 0 Å². The van der Waals surface area contributed by atoms with Crippen LogP contribution in [0, 0.1) is 0 Å². The Morgan fingerprint density at radius 1 is 0.512 bits per heavy atom. The average Bonchev–Trinajstić information content (AvgIpc) is 2.96. The van der Waals surface area contributed by atoms with Crippen LogP contribution >= 0.6 is 0 Å². The van der Waals surface area contributed by atoms with Gasteiger partial charge in [0.1, 0.15) is 13.2 Å². The Hall–Kier alpha value is -2.37. The Balaban J connectivity index is 4.30. The molecular weight excluding hydrogens is 516 g/mol. The minimum Gasteiger partial charge on any atom is -0.462 e. The molecule has 0 aromatic rings. The summed E-state index contributed by atoms with van der Waals surface area (Å²) in [5.41, 5.74) is 0. The van der Waals surface area contributed by atoms with Gasteiger partial charge in [0.05, 0.1) is 0 Å². The van der Waals surface area contributed by atoms with Gasteiger partial charge in [-0.2, -0.15) is 0 Å². The molecule has 0 aliphatic rings. The van der Waals surface area contributed by atoms with Gasteiger partial charge >= 0.3 is 17.9 Å². The van der Waals surface area contributed by atoms with E-state index in [1.165, 1.54) is 6.42 Å². The molecule has 0 N–H and O–H groups in total. The molecule has 41 heavy (non-hydrogen) atoms. The second kappa shape index (κ2) is 30.6. The maximum absolute atomic E-state index is 12.3. The molecule has 236 valence electrons. The number of hydrogen-bond acceptors (Lipinski definition) is 6. The number of hydrogen-bond donors (Lipinski definition) is 0. The smallest absolute Gasteiger partial charge is 0.306 e. The molecule has 0 radical (unpaired) electrons. The Labute approximate surface area is 251 Å². The van der Waals surface area contributed by atoms with Crippen LogP contribution in [0.25, 0.3) is 0 Å². The van der Waals surface area contributed by atoms with Crippen molar-refractivity contribution in [2.45, 2.75) is 155 Å². The molecule has 0 aliphatic carbocycles. The van der Waals surface area contributed by atoms with Crippen molar-refractivity contribution in [3.05, 3.63) is 36.5 Å². The van der Waals surface area contributed by atoms with Crippen molar-refractivity contribution in [3.63, 3.8) is 0 Å². The van der Waals surface area contributed by atoms with E-state index < -0.39 is 6.10 Å². The van der Waals surface area contributed by atoms with Gasteiger partial charge in [-0.05, 0) is 51.4 Å². The maximum Gasteiger partial charge on any atom is 0.306 e. The molecule has 0 amide bonds. The summed E-state index contributed by atoms with van der Waals surface area (Å²) >= 11 is 0. The zero-order valence-electron chi connectivity index (χ0n) is 26.5. The summed E-state index contributed by atoms with van der Waals surface area (Å²) in [6, 6.07) is 0. The van der Waals surface area contributed by atoms with E-state index in [1.54, 1.807) is 0 Å². The molecule has 0 spiro atoms. The highest BCUT2D eigenvalue weighted by Gasteiger charge is 2.19. The van der Waals surface area contributed by atoms with Gasteiger partial charge in [-0.3, -0.25) is 14.4 Å². The lowest BCUT2D eigenvalue weighted by Crippen LogP contribution is -2.30. The molecule has 0 aromatic carbocycles. The number of carbonyl (C=O) groups excluding carboxylic acids is 3. The molecule has 0 heterocycles. The number of unbranched alkanes of at least 4 members (excludes halogenated alkanes) is 11. The SMILES string of the molecule is CC/C=C\C/C=C\C/C=C\CCCCCC(=O)OCC(COC(=O)CCCCCCC)OC(=O)CCCCCCC. The van der Waals surface area contributed by atoms with Gasteiger partial charge in [-0.25, -0.2) is 0 Å². The summed E-state index contributed by atoms with van der Waals surface area (Å²) in [6.45, 7) is 6.27. The molecule has 0 fully saturated rings. The molecular formula is C35H60O6. The number of esters is 3. The minimum atomic E-state index is -0.770. The van der Waals surface area contributed by atoms with E-state index >= 15 is 0 Å². The topological polar surface area (TPSA) is 78.9 Å². The Bertz CT molecular complexity index is 724. The molecule has 6 heteroatoms. The third-order valence-electron chi connectivity index (χ3n) is 6.66. The van der Waals surface area contributed by atoms with Crippen LogP contribution in [0.4, 0.5) is 0 Å². The van der Waals surface area contributed by atoms with Crippen molar-refractivity contribution < 1.29 is 28.6 Å². The lowest BCUT2D eigenvalue weighted by Gasteiger charge is -2.18. The van der Waals surface area contributed by atoms with E-state index in [0.29, 0.717) is 19.3 Å². The predicted molar refractivity (Wildman–Crippen MR) is 169 cm³/mol. The normalized spacial score (nSPS) is 12.4. The van der Waals surface area contributed by atoms with Crippen LogP contribution in [0.5, 0.6) is 0 Å². The van der Waals surface area contributed by atoms with Gasteiger partial charge in [-0.1, -0.05) is 115 Å². The quantitative estimate of drug-likeness (QED) is 0.0399. The highest BCUT2D eigenvalue weighted by molar-refractivity contribution is 5.71. The first-order valence-electron chi connectivity index (χ1n) is 16.5. The fourth-order valence-electron chi connectivity index (χ4n) is 4.16. The van der Waals surface area contributed by atoms with Gasteiger partial charge < -0.3 is 14.2 Å².